The molecule has 0 saturated carbocycles. The molecular formula is C14H26O2. The number of hydrogen-bond acceptors (Lipinski definition) is 1. The number of hydrogen-bond donors (Lipinski definition) is 1. The van der Waals surface area contributed by atoms with Crippen LogP contribution in [0.15, 0.2) is 12.2 Å². The van der Waals surface area contributed by atoms with Crippen molar-refractivity contribution in [1.29, 1.82) is 0 Å². The first-order valence-corrected chi connectivity index (χ1v) is 6.64. The number of unbranched alkanes of at least 4 members (excludes halogenated alkanes) is 7. The van der Waals surface area contributed by atoms with E-state index in [4.69, 9.17) is 5.11 Å². The smallest absolute Gasteiger partial charge is 0.303 e. The molecular weight excluding hydrogens is 200 g/mol. The second-order valence-electron chi connectivity index (χ2n) is 4.31. The van der Waals surface area contributed by atoms with Gasteiger partial charge < -0.3 is 5.11 Å². The largest absolute Gasteiger partial charge is 0.481 e. The Kier molecular flexibility index (Phi) is 11.7. The molecule has 0 rings (SSSR count). The Hall–Kier alpha value is -0.790. The molecule has 0 saturated heterocycles. The molecule has 0 radical (unpaired) electrons. The van der Waals surface area contributed by atoms with Crippen molar-refractivity contribution in [2.24, 2.45) is 0 Å². The molecule has 0 aromatic carbocycles. The summed E-state index contributed by atoms with van der Waals surface area (Å²) in [6.07, 6.45) is 15.4. The Labute approximate surface area is 99.7 Å². The van der Waals surface area contributed by atoms with Gasteiger partial charge in [0.1, 0.15) is 0 Å². The highest BCUT2D eigenvalue weighted by atomic mass is 16.4. The third-order valence-corrected chi connectivity index (χ3v) is 2.65. The first kappa shape index (κ1) is 15.2. The van der Waals surface area contributed by atoms with E-state index in [0.717, 1.165) is 19.3 Å². The van der Waals surface area contributed by atoms with Gasteiger partial charge in [-0.05, 0) is 32.1 Å². The van der Waals surface area contributed by atoms with E-state index >= 15 is 0 Å². The summed E-state index contributed by atoms with van der Waals surface area (Å²) in [5.74, 6) is -0.681. The lowest BCUT2D eigenvalue weighted by atomic mass is 10.1. The van der Waals surface area contributed by atoms with E-state index < -0.39 is 5.97 Å². The van der Waals surface area contributed by atoms with Crippen LogP contribution >= 0.6 is 0 Å². The standard InChI is InChI=1S/C14H26O2/c1-2-3-4-5-6-7-8-9-10-11-12-13-14(15)16/h8-9H,2-7,10-13H2,1H3,(H,15,16)/b9-8+. The Balaban J connectivity index is 3.07. The zero-order valence-corrected chi connectivity index (χ0v) is 10.6. The lowest BCUT2D eigenvalue weighted by molar-refractivity contribution is -0.137. The zero-order chi connectivity index (χ0) is 12.1. The van der Waals surface area contributed by atoms with Crippen molar-refractivity contribution in [2.75, 3.05) is 0 Å². The maximum Gasteiger partial charge on any atom is 0.303 e. The topological polar surface area (TPSA) is 37.3 Å². The Morgan fingerprint density at radius 3 is 2.06 bits per heavy atom. The molecule has 0 bridgehead atoms. The van der Waals surface area contributed by atoms with E-state index in [1.54, 1.807) is 0 Å². The average Bonchev–Trinajstić information content (AvgIpc) is 2.25. The fraction of sp³-hybridized carbons (Fsp3) is 0.786. The molecule has 0 heterocycles. The lowest BCUT2D eigenvalue weighted by Crippen LogP contribution is -1.92. The van der Waals surface area contributed by atoms with Crippen molar-refractivity contribution < 1.29 is 9.90 Å². The summed E-state index contributed by atoms with van der Waals surface area (Å²) >= 11 is 0. The number of carbonyl (C=O) groups is 1. The molecule has 0 amide bonds. The predicted molar refractivity (Wildman–Crippen MR) is 68.6 cm³/mol. The van der Waals surface area contributed by atoms with Gasteiger partial charge in [0.2, 0.25) is 0 Å². The molecule has 2 heteroatoms. The minimum Gasteiger partial charge on any atom is -0.481 e. The SMILES string of the molecule is CCCCCCC/C=C/CCCCC(=O)O. The van der Waals surface area contributed by atoms with E-state index in [2.05, 4.69) is 19.1 Å². The van der Waals surface area contributed by atoms with Gasteiger partial charge in [-0.25, -0.2) is 0 Å². The number of rotatable bonds is 11. The minimum absolute atomic E-state index is 0.310. The van der Waals surface area contributed by atoms with Gasteiger partial charge in [0, 0.05) is 6.42 Å². The van der Waals surface area contributed by atoms with Crippen LogP contribution in [0.3, 0.4) is 0 Å². The van der Waals surface area contributed by atoms with E-state index in [9.17, 15) is 4.79 Å². The molecule has 0 aliphatic rings. The number of carboxylic acids is 1. The molecule has 0 aliphatic heterocycles. The van der Waals surface area contributed by atoms with Crippen LogP contribution in [0.2, 0.25) is 0 Å². The molecule has 0 fully saturated rings. The lowest BCUT2D eigenvalue weighted by Gasteiger charge is -1.96. The highest BCUT2D eigenvalue weighted by Gasteiger charge is 1.94. The molecule has 0 aromatic rings. The van der Waals surface area contributed by atoms with Gasteiger partial charge in [0.15, 0.2) is 0 Å². The number of allylic oxidation sites excluding steroid dienone is 2. The monoisotopic (exact) mass is 226 g/mol. The summed E-state index contributed by atoms with van der Waals surface area (Å²) in [5, 5.41) is 8.44. The van der Waals surface area contributed by atoms with Gasteiger partial charge in [0.05, 0.1) is 0 Å². The number of aliphatic carboxylic acids is 1. The molecule has 0 spiro atoms. The fourth-order valence-electron chi connectivity index (χ4n) is 1.64. The van der Waals surface area contributed by atoms with E-state index in [0.29, 0.717) is 6.42 Å². The Morgan fingerprint density at radius 2 is 1.50 bits per heavy atom. The van der Waals surface area contributed by atoms with Gasteiger partial charge in [-0.15, -0.1) is 0 Å². The van der Waals surface area contributed by atoms with Crippen molar-refractivity contribution in [3.8, 4) is 0 Å². The third-order valence-electron chi connectivity index (χ3n) is 2.65. The van der Waals surface area contributed by atoms with Crippen LogP contribution in [0.4, 0.5) is 0 Å². The summed E-state index contributed by atoms with van der Waals surface area (Å²) in [6.45, 7) is 2.23. The van der Waals surface area contributed by atoms with Crippen LogP contribution in [0.1, 0.15) is 71.1 Å². The normalized spacial score (nSPS) is 11.1. The van der Waals surface area contributed by atoms with Crippen LogP contribution in [0, 0.1) is 0 Å². The first-order chi connectivity index (χ1) is 7.77. The van der Waals surface area contributed by atoms with E-state index in [1.165, 1.54) is 38.5 Å². The fourth-order valence-corrected chi connectivity index (χ4v) is 1.64. The van der Waals surface area contributed by atoms with Crippen LogP contribution < -0.4 is 0 Å². The van der Waals surface area contributed by atoms with Crippen LogP contribution in [-0.2, 0) is 4.79 Å². The van der Waals surface area contributed by atoms with Crippen LogP contribution in [0.25, 0.3) is 0 Å². The van der Waals surface area contributed by atoms with Gasteiger partial charge in [-0.2, -0.15) is 0 Å². The molecule has 0 aromatic heterocycles. The Bertz CT molecular complexity index is 185. The van der Waals surface area contributed by atoms with Gasteiger partial charge in [-0.3, -0.25) is 4.79 Å². The summed E-state index contributed by atoms with van der Waals surface area (Å²) in [6, 6.07) is 0. The van der Waals surface area contributed by atoms with Crippen LogP contribution in [0.5, 0.6) is 0 Å². The maximum atomic E-state index is 10.2. The van der Waals surface area contributed by atoms with Gasteiger partial charge in [0.25, 0.3) is 0 Å². The highest BCUT2D eigenvalue weighted by molar-refractivity contribution is 5.66. The Morgan fingerprint density at radius 1 is 0.938 bits per heavy atom. The molecule has 0 aliphatic carbocycles. The van der Waals surface area contributed by atoms with E-state index in [-0.39, 0.29) is 0 Å². The molecule has 94 valence electrons. The molecule has 1 N–H and O–H groups in total. The third kappa shape index (κ3) is 13.2. The summed E-state index contributed by atoms with van der Waals surface area (Å²) in [5.41, 5.74) is 0. The van der Waals surface area contributed by atoms with Crippen molar-refractivity contribution in [2.45, 2.75) is 71.1 Å². The average molecular weight is 226 g/mol. The van der Waals surface area contributed by atoms with E-state index in [1.807, 2.05) is 0 Å². The second kappa shape index (κ2) is 12.3. The second-order valence-corrected chi connectivity index (χ2v) is 4.31. The molecule has 0 unspecified atom stereocenters. The highest BCUT2D eigenvalue weighted by Crippen LogP contribution is 2.06. The molecule has 2 nitrogen and oxygen atoms in total. The first-order valence-electron chi connectivity index (χ1n) is 6.64. The zero-order valence-electron chi connectivity index (χ0n) is 10.6. The number of carboxylic acid groups (broad SMARTS) is 1. The van der Waals surface area contributed by atoms with Crippen molar-refractivity contribution >= 4 is 5.97 Å². The molecule has 16 heavy (non-hydrogen) atoms. The van der Waals surface area contributed by atoms with Crippen molar-refractivity contribution in [1.82, 2.24) is 0 Å². The van der Waals surface area contributed by atoms with Gasteiger partial charge >= 0.3 is 5.97 Å². The quantitative estimate of drug-likeness (QED) is 0.414. The minimum atomic E-state index is -0.681. The van der Waals surface area contributed by atoms with Gasteiger partial charge in [-0.1, -0.05) is 44.8 Å². The molecule has 0 atom stereocenters. The van der Waals surface area contributed by atoms with Crippen molar-refractivity contribution in [3.63, 3.8) is 0 Å². The summed E-state index contributed by atoms with van der Waals surface area (Å²) in [4.78, 5) is 10.2. The summed E-state index contributed by atoms with van der Waals surface area (Å²) < 4.78 is 0. The predicted octanol–water partition coefficient (Wildman–Crippen LogP) is 4.55. The van der Waals surface area contributed by atoms with Crippen LogP contribution in [-0.4, -0.2) is 11.1 Å². The van der Waals surface area contributed by atoms with Crippen molar-refractivity contribution in [3.05, 3.63) is 12.2 Å². The maximum absolute atomic E-state index is 10.2. The summed E-state index contributed by atoms with van der Waals surface area (Å²) in [7, 11) is 0.